The van der Waals surface area contributed by atoms with Crippen LogP contribution in [0.15, 0.2) is 29.8 Å². The summed E-state index contributed by atoms with van der Waals surface area (Å²) in [5.74, 6) is -0.196. The number of benzene rings is 1. The van der Waals surface area contributed by atoms with Crippen LogP contribution in [0.4, 0.5) is 0 Å². The highest BCUT2D eigenvalue weighted by Crippen LogP contribution is 2.29. The van der Waals surface area contributed by atoms with Crippen molar-refractivity contribution >= 4 is 23.2 Å². The number of thiazole rings is 1. The maximum absolute atomic E-state index is 13.2. The van der Waals surface area contributed by atoms with E-state index in [-0.39, 0.29) is 29.3 Å². The Morgan fingerprint density at radius 1 is 1.24 bits per heavy atom. The molecule has 0 unspecified atom stereocenters. The highest BCUT2D eigenvalue weighted by molar-refractivity contribution is 7.13. The lowest BCUT2D eigenvalue weighted by Gasteiger charge is -2.36. The number of aliphatic hydroxyl groups excluding tert-OH is 1. The van der Waals surface area contributed by atoms with Gasteiger partial charge in [-0.25, -0.2) is 4.98 Å². The summed E-state index contributed by atoms with van der Waals surface area (Å²) in [6, 6.07) is 7.47. The number of likely N-dealkylation sites (tertiary alicyclic amines) is 1. The molecule has 1 saturated heterocycles. The lowest BCUT2D eigenvalue weighted by molar-refractivity contribution is -0.126. The Labute approximate surface area is 200 Å². The summed E-state index contributed by atoms with van der Waals surface area (Å²) in [4.78, 5) is 32.4. The molecule has 3 rings (SSSR count). The van der Waals surface area contributed by atoms with Gasteiger partial charge < -0.3 is 15.7 Å². The monoisotopic (exact) mass is 472 g/mol. The fourth-order valence-corrected chi connectivity index (χ4v) is 5.08. The van der Waals surface area contributed by atoms with Crippen LogP contribution in [0, 0.1) is 12.3 Å². The minimum atomic E-state index is -0.559. The van der Waals surface area contributed by atoms with E-state index in [0.717, 1.165) is 21.7 Å². The third-order valence-corrected chi connectivity index (χ3v) is 7.28. The van der Waals surface area contributed by atoms with Crippen LogP contribution in [0.5, 0.6) is 0 Å². The highest BCUT2D eigenvalue weighted by Gasteiger charge is 2.39. The number of nitrogens with one attached hydrogen (secondary N) is 2. The smallest absolute Gasteiger partial charge is 0.237 e. The standard InChI is InChI=1S/C25H36N4O3S/c1-15(18-7-9-19(10-8-18)23-16(2)26-14-33-23)27-24(32)21-11-20(31)12-29(21)13-22(25(4,5)6)28-17(3)30/h7-10,14-15,20-22,31H,11-13H2,1-6H3,(H,27,32)(H,28,30)/t15-,20+,21-,22+/m0/s1. The van der Waals surface area contributed by atoms with Gasteiger partial charge in [0, 0.05) is 26.1 Å². The van der Waals surface area contributed by atoms with Gasteiger partial charge in [0.2, 0.25) is 11.8 Å². The Hall–Kier alpha value is -2.29. The molecular weight excluding hydrogens is 436 g/mol. The third kappa shape index (κ3) is 6.40. The van der Waals surface area contributed by atoms with Gasteiger partial charge in [-0.1, -0.05) is 45.0 Å². The van der Waals surface area contributed by atoms with Gasteiger partial charge in [0.15, 0.2) is 0 Å². The Kier molecular flexibility index (Phi) is 7.92. The van der Waals surface area contributed by atoms with E-state index in [4.69, 9.17) is 0 Å². The first-order valence-electron chi connectivity index (χ1n) is 11.5. The fourth-order valence-electron chi connectivity index (χ4n) is 4.26. The summed E-state index contributed by atoms with van der Waals surface area (Å²) >= 11 is 1.62. The number of aryl methyl sites for hydroxylation is 1. The van der Waals surface area contributed by atoms with Gasteiger partial charge >= 0.3 is 0 Å². The Morgan fingerprint density at radius 3 is 2.45 bits per heavy atom. The molecule has 0 aliphatic carbocycles. The Morgan fingerprint density at radius 2 is 1.91 bits per heavy atom. The zero-order valence-electron chi connectivity index (χ0n) is 20.4. The minimum absolute atomic E-state index is 0.0961. The third-order valence-electron chi connectivity index (χ3n) is 6.30. The van der Waals surface area contributed by atoms with Gasteiger partial charge in [0.05, 0.1) is 34.3 Å². The molecule has 1 aliphatic rings. The van der Waals surface area contributed by atoms with Crippen LogP contribution in [0.2, 0.25) is 0 Å². The molecule has 2 heterocycles. The van der Waals surface area contributed by atoms with Gasteiger partial charge in [-0.05, 0) is 36.8 Å². The molecule has 180 valence electrons. The second kappa shape index (κ2) is 10.3. The highest BCUT2D eigenvalue weighted by atomic mass is 32.1. The van der Waals surface area contributed by atoms with E-state index < -0.39 is 12.1 Å². The van der Waals surface area contributed by atoms with Crippen molar-refractivity contribution in [2.45, 2.75) is 72.2 Å². The number of amides is 2. The van der Waals surface area contributed by atoms with Crippen molar-refractivity contribution in [3.63, 3.8) is 0 Å². The molecule has 1 aromatic heterocycles. The van der Waals surface area contributed by atoms with Crippen LogP contribution in [-0.2, 0) is 9.59 Å². The predicted molar refractivity (Wildman–Crippen MR) is 132 cm³/mol. The van der Waals surface area contributed by atoms with Gasteiger partial charge in [-0.2, -0.15) is 0 Å². The predicted octanol–water partition coefficient (Wildman–Crippen LogP) is 3.28. The number of aliphatic hydroxyl groups is 1. The van der Waals surface area contributed by atoms with Crippen molar-refractivity contribution in [3.8, 4) is 10.4 Å². The SMILES string of the molecule is CC(=O)N[C@H](CN1C[C@H](O)C[C@H]1C(=O)N[C@@H](C)c1ccc(-c2scnc2C)cc1)C(C)(C)C. The number of nitrogens with zero attached hydrogens (tertiary/aromatic N) is 2. The quantitative estimate of drug-likeness (QED) is 0.575. The van der Waals surface area contributed by atoms with Crippen molar-refractivity contribution in [2.75, 3.05) is 13.1 Å². The summed E-state index contributed by atoms with van der Waals surface area (Å²) < 4.78 is 0. The number of β-amino-alcohol motifs (C(OH)–C–C–N with tert-alkyl or cyclic N) is 1. The van der Waals surface area contributed by atoms with Crippen LogP contribution in [0.25, 0.3) is 10.4 Å². The first-order valence-corrected chi connectivity index (χ1v) is 12.3. The van der Waals surface area contributed by atoms with Gasteiger partial charge in [-0.15, -0.1) is 11.3 Å². The van der Waals surface area contributed by atoms with Crippen LogP contribution in [0.3, 0.4) is 0 Å². The van der Waals surface area contributed by atoms with Crippen molar-refractivity contribution in [1.29, 1.82) is 0 Å². The summed E-state index contributed by atoms with van der Waals surface area (Å²) in [5.41, 5.74) is 4.82. The van der Waals surface area contributed by atoms with Gasteiger partial charge in [0.1, 0.15) is 0 Å². The maximum atomic E-state index is 13.2. The Balaban J connectivity index is 1.67. The van der Waals surface area contributed by atoms with E-state index in [1.807, 2.05) is 36.4 Å². The van der Waals surface area contributed by atoms with Gasteiger partial charge in [0.25, 0.3) is 0 Å². The van der Waals surface area contributed by atoms with E-state index in [9.17, 15) is 14.7 Å². The average Bonchev–Trinajstić information content (AvgIpc) is 3.31. The largest absolute Gasteiger partial charge is 0.392 e. The molecule has 2 amide bonds. The molecule has 7 nitrogen and oxygen atoms in total. The first-order chi connectivity index (χ1) is 15.5. The molecule has 0 bridgehead atoms. The first kappa shape index (κ1) is 25.3. The average molecular weight is 473 g/mol. The number of carbonyl (C=O) groups is 2. The minimum Gasteiger partial charge on any atom is -0.392 e. The van der Waals surface area contributed by atoms with Crippen LogP contribution in [-0.4, -0.2) is 58.1 Å². The molecule has 2 aromatic rings. The number of carbonyl (C=O) groups excluding carboxylic acids is 2. The van der Waals surface area contributed by atoms with E-state index in [0.29, 0.717) is 19.5 Å². The fraction of sp³-hybridized carbons (Fsp3) is 0.560. The van der Waals surface area contributed by atoms with Crippen molar-refractivity contribution in [1.82, 2.24) is 20.5 Å². The molecule has 0 spiro atoms. The number of aromatic nitrogens is 1. The second-order valence-electron chi connectivity index (χ2n) is 10.1. The Bertz CT molecular complexity index is 967. The summed E-state index contributed by atoms with van der Waals surface area (Å²) in [6.45, 7) is 12.6. The molecule has 1 fully saturated rings. The van der Waals surface area contributed by atoms with E-state index in [1.165, 1.54) is 6.92 Å². The van der Waals surface area contributed by atoms with Gasteiger partial charge in [-0.3, -0.25) is 14.5 Å². The normalized spacial score (nSPS) is 20.9. The zero-order valence-corrected chi connectivity index (χ0v) is 21.2. The molecule has 33 heavy (non-hydrogen) atoms. The van der Waals surface area contributed by atoms with Crippen LogP contribution >= 0.6 is 11.3 Å². The van der Waals surface area contributed by atoms with E-state index in [2.05, 4.69) is 48.5 Å². The van der Waals surface area contributed by atoms with Crippen molar-refractivity contribution in [2.24, 2.45) is 5.41 Å². The summed E-state index contributed by atoms with van der Waals surface area (Å²) in [6.07, 6.45) is -0.171. The van der Waals surface area contributed by atoms with Crippen molar-refractivity contribution < 1.29 is 14.7 Å². The maximum Gasteiger partial charge on any atom is 0.237 e. The molecule has 1 aromatic carbocycles. The van der Waals surface area contributed by atoms with Crippen LogP contribution in [0.1, 0.15) is 58.3 Å². The number of rotatable bonds is 7. The zero-order chi connectivity index (χ0) is 24.3. The molecule has 0 saturated carbocycles. The topological polar surface area (TPSA) is 94.6 Å². The molecule has 0 radical (unpaired) electrons. The van der Waals surface area contributed by atoms with E-state index >= 15 is 0 Å². The second-order valence-corrected chi connectivity index (χ2v) is 11.0. The lowest BCUT2D eigenvalue weighted by Crippen LogP contribution is -2.53. The lowest BCUT2D eigenvalue weighted by atomic mass is 9.86. The van der Waals surface area contributed by atoms with Crippen molar-refractivity contribution in [3.05, 3.63) is 41.0 Å². The molecule has 1 aliphatic heterocycles. The summed E-state index contributed by atoms with van der Waals surface area (Å²) in [7, 11) is 0. The molecule has 8 heteroatoms. The molecular formula is C25H36N4O3S. The number of hydrogen-bond donors (Lipinski definition) is 3. The molecule has 3 N–H and O–H groups in total. The molecule has 4 atom stereocenters. The van der Waals surface area contributed by atoms with Crippen LogP contribution < -0.4 is 10.6 Å². The summed E-state index contributed by atoms with van der Waals surface area (Å²) in [5, 5.41) is 16.4. The number of hydrogen-bond acceptors (Lipinski definition) is 6. The van der Waals surface area contributed by atoms with E-state index in [1.54, 1.807) is 11.3 Å².